The van der Waals surface area contributed by atoms with Crippen LogP contribution in [0.3, 0.4) is 0 Å². The molecule has 0 bridgehead atoms. The highest BCUT2D eigenvalue weighted by atomic mass is 32.1. The molecule has 0 aromatic rings. The molecule has 0 fully saturated rings. The Hall–Kier alpha value is 0.0400. The standard InChI is InChI=1S/C6H13O4PS/c1-4-9-11(7,10-5-2)6(3)12-8/h4-5H2,1-3H3. The summed E-state index contributed by atoms with van der Waals surface area (Å²) in [4.78, 5) is 0. The van der Waals surface area contributed by atoms with Gasteiger partial charge in [0.1, 0.15) is 15.9 Å². The van der Waals surface area contributed by atoms with E-state index in [9.17, 15) is 8.77 Å². The van der Waals surface area contributed by atoms with E-state index in [4.69, 9.17) is 9.05 Å². The zero-order valence-corrected chi connectivity index (χ0v) is 9.11. The molecule has 0 N–H and O–H groups in total. The van der Waals surface area contributed by atoms with Gasteiger partial charge in [-0.25, -0.2) is 4.21 Å². The van der Waals surface area contributed by atoms with Crippen LogP contribution in [0.25, 0.3) is 0 Å². The highest BCUT2D eigenvalue weighted by molar-refractivity contribution is 7.90. The fourth-order valence-corrected chi connectivity index (χ4v) is 2.40. The van der Waals surface area contributed by atoms with Crippen LogP contribution in [0.1, 0.15) is 20.8 Å². The molecular weight excluding hydrogens is 199 g/mol. The minimum absolute atomic E-state index is 0.159. The summed E-state index contributed by atoms with van der Waals surface area (Å²) >= 11 is 0.165. The van der Waals surface area contributed by atoms with Crippen molar-refractivity contribution in [2.75, 3.05) is 13.2 Å². The van der Waals surface area contributed by atoms with Crippen LogP contribution in [0.2, 0.25) is 0 Å². The molecule has 0 atom stereocenters. The summed E-state index contributed by atoms with van der Waals surface area (Å²) in [6.07, 6.45) is 0. The number of hydrogen-bond donors (Lipinski definition) is 0. The maximum atomic E-state index is 11.6. The van der Waals surface area contributed by atoms with Gasteiger partial charge in [0.2, 0.25) is 0 Å². The van der Waals surface area contributed by atoms with Crippen LogP contribution in [0, 0.1) is 0 Å². The van der Waals surface area contributed by atoms with Crippen LogP contribution in [0.15, 0.2) is 0 Å². The van der Waals surface area contributed by atoms with Crippen molar-refractivity contribution in [2.24, 2.45) is 0 Å². The van der Waals surface area contributed by atoms with E-state index in [0.717, 1.165) is 0 Å². The second-order valence-corrected chi connectivity index (χ2v) is 5.20. The van der Waals surface area contributed by atoms with Gasteiger partial charge >= 0.3 is 7.60 Å². The minimum atomic E-state index is -3.24. The van der Waals surface area contributed by atoms with Gasteiger partial charge in [-0.15, -0.1) is 0 Å². The molecule has 0 amide bonds. The molecule has 0 heterocycles. The third kappa shape index (κ3) is 3.19. The monoisotopic (exact) mass is 212 g/mol. The molecule has 4 nitrogen and oxygen atoms in total. The average Bonchev–Trinajstić information content (AvgIpc) is 2.04. The van der Waals surface area contributed by atoms with Crippen molar-refractivity contribution in [3.8, 4) is 0 Å². The van der Waals surface area contributed by atoms with E-state index >= 15 is 0 Å². The van der Waals surface area contributed by atoms with Gasteiger partial charge in [0.15, 0.2) is 0 Å². The van der Waals surface area contributed by atoms with Crippen molar-refractivity contribution in [1.82, 2.24) is 0 Å². The molecule has 0 rings (SSSR count). The maximum Gasteiger partial charge on any atom is 0.370 e. The summed E-state index contributed by atoms with van der Waals surface area (Å²) in [5.74, 6) is 0. The van der Waals surface area contributed by atoms with E-state index in [0.29, 0.717) is 0 Å². The lowest BCUT2D eigenvalue weighted by molar-refractivity contribution is 0.233. The van der Waals surface area contributed by atoms with E-state index in [1.54, 1.807) is 13.8 Å². The fraction of sp³-hybridized carbons (Fsp3) is 0.833. The first kappa shape index (κ1) is 12.0. The summed E-state index contributed by atoms with van der Waals surface area (Å²) < 4.78 is 32.0. The van der Waals surface area contributed by atoms with E-state index in [1.807, 2.05) is 0 Å². The molecule has 0 aromatic heterocycles. The van der Waals surface area contributed by atoms with Crippen molar-refractivity contribution in [1.29, 1.82) is 0 Å². The molecule has 0 aliphatic heterocycles. The minimum Gasteiger partial charge on any atom is -0.305 e. The first-order valence-electron chi connectivity index (χ1n) is 3.63. The Morgan fingerprint density at radius 2 is 1.75 bits per heavy atom. The van der Waals surface area contributed by atoms with Gasteiger partial charge in [-0.05, 0) is 20.8 Å². The zero-order valence-electron chi connectivity index (χ0n) is 7.40. The Morgan fingerprint density at radius 3 is 2.00 bits per heavy atom. The molecule has 72 valence electrons. The molecule has 0 unspecified atom stereocenters. The fourth-order valence-electron chi connectivity index (χ4n) is 0.605. The van der Waals surface area contributed by atoms with Gasteiger partial charge in [-0.1, -0.05) is 0 Å². The normalized spacial score (nSPS) is 11.2. The van der Waals surface area contributed by atoms with Crippen molar-refractivity contribution in [3.63, 3.8) is 0 Å². The Bertz CT molecular complexity index is 224. The maximum absolute atomic E-state index is 11.6. The predicted octanol–water partition coefficient (Wildman–Crippen LogP) is 1.62. The molecule has 12 heavy (non-hydrogen) atoms. The summed E-state index contributed by atoms with van der Waals surface area (Å²) in [7, 11) is -3.24. The van der Waals surface area contributed by atoms with Crippen LogP contribution in [-0.4, -0.2) is 22.0 Å². The topological polar surface area (TPSA) is 52.6 Å². The van der Waals surface area contributed by atoms with Gasteiger partial charge in [0, 0.05) is 0 Å². The summed E-state index contributed by atoms with van der Waals surface area (Å²) in [5.41, 5.74) is 0. The number of hydrogen-bond acceptors (Lipinski definition) is 4. The van der Waals surface area contributed by atoms with Gasteiger partial charge < -0.3 is 9.05 Å². The Balaban J connectivity index is 4.62. The molecule has 0 saturated carbocycles. The van der Waals surface area contributed by atoms with Crippen molar-refractivity contribution in [2.45, 2.75) is 20.8 Å². The molecule has 0 saturated heterocycles. The van der Waals surface area contributed by atoms with Crippen molar-refractivity contribution >= 4 is 23.5 Å². The lowest BCUT2D eigenvalue weighted by Gasteiger charge is -2.14. The van der Waals surface area contributed by atoms with E-state index in [-0.39, 0.29) is 29.1 Å². The Labute approximate surface area is 75.9 Å². The second kappa shape index (κ2) is 5.65. The summed E-state index contributed by atoms with van der Waals surface area (Å²) in [5, 5.41) is 0. The molecule has 6 heteroatoms. The lowest BCUT2D eigenvalue weighted by Crippen LogP contribution is -2.03. The summed E-state index contributed by atoms with van der Waals surface area (Å²) in [6, 6.07) is 0. The third-order valence-corrected chi connectivity index (χ3v) is 4.21. The van der Waals surface area contributed by atoms with Gasteiger partial charge in [0.25, 0.3) is 0 Å². The Kier molecular flexibility index (Phi) is 5.66. The van der Waals surface area contributed by atoms with Crippen LogP contribution < -0.4 is 0 Å². The molecule has 0 aromatic carbocycles. The lowest BCUT2D eigenvalue weighted by atomic mass is 10.9. The smallest absolute Gasteiger partial charge is 0.305 e. The Morgan fingerprint density at radius 1 is 1.33 bits per heavy atom. The zero-order chi connectivity index (χ0) is 9.61. The molecule has 0 radical (unpaired) electrons. The summed E-state index contributed by atoms with van der Waals surface area (Å²) in [6.45, 7) is 5.41. The highest BCUT2D eigenvalue weighted by Crippen LogP contribution is 2.48. The van der Waals surface area contributed by atoms with Crippen LogP contribution in [0.4, 0.5) is 0 Å². The van der Waals surface area contributed by atoms with E-state index in [1.165, 1.54) is 6.92 Å². The van der Waals surface area contributed by atoms with Crippen molar-refractivity contribution in [3.05, 3.63) is 0 Å². The molecular formula is C6H13O4PS. The first-order chi connectivity index (χ1) is 5.60. The predicted molar refractivity (Wildman–Crippen MR) is 49.7 cm³/mol. The number of rotatable bonds is 5. The van der Waals surface area contributed by atoms with Gasteiger partial charge in [0.05, 0.1) is 13.2 Å². The molecule has 0 aliphatic carbocycles. The third-order valence-electron chi connectivity index (χ3n) is 1.10. The van der Waals surface area contributed by atoms with Crippen molar-refractivity contribution < 1.29 is 17.8 Å². The van der Waals surface area contributed by atoms with Gasteiger partial charge in [-0.2, -0.15) is 0 Å². The second-order valence-electron chi connectivity index (χ2n) is 1.94. The molecule has 0 aliphatic rings. The van der Waals surface area contributed by atoms with Gasteiger partial charge in [-0.3, -0.25) is 4.57 Å². The highest BCUT2D eigenvalue weighted by Gasteiger charge is 2.27. The van der Waals surface area contributed by atoms with E-state index in [2.05, 4.69) is 0 Å². The van der Waals surface area contributed by atoms with E-state index < -0.39 is 7.60 Å². The largest absolute Gasteiger partial charge is 0.370 e. The first-order valence-corrected chi connectivity index (χ1v) is 5.92. The average molecular weight is 212 g/mol. The van der Waals surface area contributed by atoms with Crippen LogP contribution in [-0.2, 0) is 24.9 Å². The molecule has 0 spiro atoms. The SMILES string of the molecule is CCOP(=O)(OCC)C(C)=S=O. The quantitative estimate of drug-likeness (QED) is 0.513. The van der Waals surface area contributed by atoms with Crippen LogP contribution in [0.5, 0.6) is 0 Å². The van der Waals surface area contributed by atoms with Crippen LogP contribution >= 0.6 is 7.60 Å².